The van der Waals surface area contributed by atoms with E-state index in [1.165, 1.54) is 23.5 Å². The van der Waals surface area contributed by atoms with Crippen molar-refractivity contribution >= 4 is 11.3 Å². The Labute approximate surface area is 161 Å². The Balaban J connectivity index is 1.58. The molecule has 0 bridgehead atoms. The zero-order valence-corrected chi connectivity index (χ0v) is 15.3. The minimum Gasteiger partial charge on any atom is -0.306 e. The van der Waals surface area contributed by atoms with Gasteiger partial charge in [0.2, 0.25) is 0 Å². The molecule has 9 heteroatoms. The molecule has 146 valence electrons. The van der Waals surface area contributed by atoms with E-state index in [2.05, 4.69) is 9.97 Å². The Bertz CT molecular complexity index is 1060. The molecule has 0 saturated heterocycles. The first kappa shape index (κ1) is 18.8. The lowest BCUT2D eigenvalue weighted by molar-refractivity contribution is -0.140. The van der Waals surface area contributed by atoms with Crippen molar-refractivity contribution < 1.29 is 17.6 Å². The first-order valence-corrected chi connectivity index (χ1v) is 9.44. The van der Waals surface area contributed by atoms with Crippen LogP contribution in [0.2, 0.25) is 0 Å². The normalized spacial score (nSPS) is 14.9. The van der Waals surface area contributed by atoms with Crippen LogP contribution in [-0.4, -0.2) is 21.4 Å². The highest BCUT2D eigenvalue weighted by Crippen LogP contribution is 2.33. The molecule has 1 aromatic carbocycles. The van der Waals surface area contributed by atoms with E-state index in [0.29, 0.717) is 30.0 Å². The average Bonchev–Trinajstić information content (AvgIpc) is 3.17. The molecule has 4 nitrogen and oxygen atoms in total. The molecule has 1 N–H and O–H groups in total. The number of hydrogen-bond donors (Lipinski definition) is 1. The summed E-state index contributed by atoms with van der Waals surface area (Å²) in [5.74, 6) is -0.753. The Morgan fingerprint density at radius 3 is 2.75 bits per heavy atom. The van der Waals surface area contributed by atoms with Crippen LogP contribution < -0.4 is 5.56 Å². The molecule has 0 saturated carbocycles. The number of aromatic nitrogens is 2. The van der Waals surface area contributed by atoms with Crippen molar-refractivity contribution in [2.75, 3.05) is 6.54 Å². The fourth-order valence-electron chi connectivity index (χ4n) is 3.31. The summed E-state index contributed by atoms with van der Waals surface area (Å²) >= 11 is 1.47. The second kappa shape index (κ2) is 7.14. The second-order valence-corrected chi connectivity index (χ2v) is 7.50. The van der Waals surface area contributed by atoms with Gasteiger partial charge in [-0.05, 0) is 17.5 Å². The monoisotopic (exact) mass is 409 g/mol. The molecule has 1 aliphatic rings. The largest absolute Gasteiger partial charge is 0.419 e. The van der Waals surface area contributed by atoms with Gasteiger partial charge in [-0.25, -0.2) is 9.37 Å². The smallest absolute Gasteiger partial charge is 0.306 e. The maximum Gasteiger partial charge on any atom is 0.419 e. The van der Waals surface area contributed by atoms with Crippen molar-refractivity contribution in [3.05, 3.63) is 74.3 Å². The van der Waals surface area contributed by atoms with Crippen LogP contribution in [-0.2, 0) is 25.7 Å². The third-order valence-electron chi connectivity index (χ3n) is 4.68. The average molecular weight is 409 g/mol. The summed E-state index contributed by atoms with van der Waals surface area (Å²) in [5, 5.41) is 1.89. The summed E-state index contributed by atoms with van der Waals surface area (Å²) in [4.78, 5) is 22.4. The van der Waals surface area contributed by atoms with Crippen LogP contribution in [0.1, 0.15) is 22.4 Å². The lowest BCUT2D eigenvalue weighted by atomic mass is 10.0. The standard InChI is InChI=1S/C19H15F4N3OS/c20-16-11(3-1-4-13(16)19(21,22)23)9-26-7-6-14-12(10-26)18(27)25-17(24-14)15-5-2-8-28-15/h1-5,8H,6-7,9-10H2,(H,24,25,27). The lowest BCUT2D eigenvalue weighted by Gasteiger charge is -2.28. The Kier molecular flexibility index (Phi) is 4.80. The molecule has 0 aliphatic carbocycles. The van der Waals surface area contributed by atoms with Gasteiger partial charge in [0, 0.05) is 31.6 Å². The first-order valence-electron chi connectivity index (χ1n) is 8.56. The summed E-state index contributed by atoms with van der Waals surface area (Å²) < 4.78 is 53.0. The van der Waals surface area contributed by atoms with E-state index in [0.717, 1.165) is 10.9 Å². The van der Waals surface area contributed by atoms with Gasteiger partial charge in [-0.2, -0.15) is 13.2 Å². The fourth-order valence-corrected chi connectivity index (χ4v) is 3.98. The van der Waals surface area contributed by atoms with Gasteiger partial charge in [-0.15, -0.1) is 11.3 Å². The number of aromatic amines is 1. The zero-order valence-electron chi connectivity index (χ0n) is 14.5. The van der Waals surface area contributed by atoms with Gasteiger partial charge in [-0.1, -0.05) is 18.2 Å². The molecule has 28 heavy (non-hydrogen) atoms. The van der Waals surface area contributed by atoms with Crippen molar-refractivity contribution in [3.63, 3.8) is 0 Å². The molecule has 4 rings (SSSR count). The molecule has 0 unspecified atom stereocenters. The molecular weight excluding hydrogens is 394 g/mol. The van der Waals surface area contributed by atoms with Gasteiger partial charge < -0.3 is 4.98 Å². The minimum atomic E-state index is -4.74. The van der Waals surface area contributed by atoms with Crippen molar-refractivity contribution in [2.24, 2.45) is 0 Å². The van der Waals surface area contributed by atoms with Crippen molar-refractivity contribution in [1.29, 1.82) is 0 Å². The lowest BCUT2D eigenvalue weighted by Crippen LogP contribution is -2.35. The summed E-state index contributed by atoms with van der Waals surface area (Å²) in [6.45, 7) is 0.669. The number of nitrogens with one attached hydrogen (secondary N) is 1. The minimum absolute atomic E-state index is 0.0126. The van der Waals surface area contributed by atoms with E-state index < -0.39 is 17.6 Å². The van der Waals surface area contributed by atoms with Gasteiger partial charge in [0.05, 0.1) is 21.7 Å². The SMILES string of the molecule is O=c1[nH]c(-c2cccs2)nc2c1CN(Cc1cccc(C(F)(F)F)c1F)CC2. The summed E-state index contributed by atoms with van der Waals surface area (Å²) in [6, 6.07) is 6.99. The van der Waals surface area contributed by atoms with Crippen LogP contribution in [0, 0.1) is 5.82 Å². The highest BCUT2D eigenvalue weighted by atomic mass is 32.1. The molecule has 2 aromatic heterocycles. The molecular formula is C19H15F4N3OS. The van der Waals surface area contributed by atoms with Gasteiger partial charge in [0.1, 0.15) is 5.82 Å². The van der Waals surface area contributed by atoms with Crippen LogP contribution in [0.4, 0.5) is 17.6 Å². The molecule has 0 atom stereocenters. The first-order chi connectivity index (χ1) is 13.3. The third-order valence-corrected chi connectivity index (χ3v) is 5.56. The van der Waals surface area contributed by atoms with Gasteiger partial charge in [0.25, 0.3) is 5.56 Å². The number of nitrogens with zero attached hydrogens (tertiary/aromatic N) is 2. The molecule has 0 radical (unpaired) electrons. The Hall–Kier alpha value is -2.52. The number of hydrogen-bond acceptors (Lipinski definition) is 4. The maximum absolute atomic E-state index is 14.3. The number of alkyl halides is 3. The molecule has 0 spiro atoms. The molecule has 0 fully saturated rings. The van der Waals surface area contributed by atoms with Crippen LogP contribution in [0.15, 0.2) is 40.5 Å². The molecule has 1 aliphatic heterocycles. The quantitative estimate of drug-likeness (QED) is 0.660. The number of fused-ring (bicyclic) bond motifs is 1. The van der Waals surface area contributed by atoms with E-state index in [-0.39, 0.29) is 24.2 Å². The summed E-state index contributed by atoms with van der Waals surface area (Å²) in [7, 11) is 0. The van der Waals surface area contributed by atoms with E-state index in [1.807, 2.05) is 17.5 Å². The number of rotatable bonds is 3. The highest BCUT2D eigenvalue weighted by Gasteiger charge is 2.35. The van der Waals surface area contributed by atoms with Gasteiger partial charge in [0.15, 0.2) is 5.82 Å². The van der Waals surface area contributed by atoms with E-state index in [9.17, 15) is 22.4 Å². The van der Waals surface area contributed by atoms with Crippen LogP contribution in [0.3, 0.4) is 0 Å². The predicted molar refractivity (Wildman–Crippen MR) is 97.4 cm³/mol. The van der Waals surface area contributed by atoms with E-state index in [4.69, 9.17) is 0 Å². The Morgan fingerprint density at radius 1 is 1.21 bits per heavy atom. The van der Waals surface area contributed by atoms with Crippen molar-refractivity contribution in [2.45, 2.75) is 25.7 Å². The van der Waals surface area contributed by atoms with Gasteiger partial charge in [-0.3, -0.25) is 9.69 Å². The number of H-pyrrole nitrogens is 1. The fraction of sp³-hybridized carbons (Fsp3) is 0.263. The van der Waals surface area contributed by atoms with Crippen molar-refractivity contribution in [1.82, 2.24) is 14.9 Å². The molecule has 3 aromatic rings. The van der Waals surface area contributed by atoms with Crippen LogP contribution in [0.25, 0.3) is 10.7 Å². The summed E-state index contributed by atoms with van der Waals surface area (Å²) in [5.41, 5.74) is -0.449. The maximum atomic E-state index is 14.3. The number of benzene rings is 1. The van der Waals surface area contributed by atoms with Gasteiger partial charge >= 0.3 is 6.18 Å². The third kappa shape index (κ3) is 3.59. The predicted octanol–water partition coefficient (Wildman–Crippen LogP) is 4.21. The second-order valence-electron chi connectivity index (χ2n) is 6.55. The topological polar surface area (TPSA) is 49.0 Å². The van der Waals surface area contributed by atoms with Crippen LogP contribution in [0.5, 0.6) is 0 Å². The van der Waals surface area contributed by atoms with Crippen LogP contribution >= 0.6 is 11.3 Å². The Morgan fingerprint density at radius 2 is 2.04 bits per heavy atom. The number of halogens is 4. The highest BCUT2D eigenvalue weighted by molar-refractivity contribution is 7.13. The molecule has 0 amide bonds. The molecule has 3 heterocycles. The van der Waals surface area contributed by atoms with E-state index >= 15 is 0 Å². The van der Waals surface area contributed by atoms with E-state index in [1.54, 1.807) is 4.90 Å². The zero-order chi connectivity index (χ0) is 19.9. The summed E-state index contributed by atoms with van der Waals surface area (Å²) in [6.07, 6.45) is -4.27. The van der Waals surface area contributed by atoms with Crippen molar-refractivity contribution in [3.8, 4) is 10.7 Å². The number of thiophene rings is 1.